The van der Waals surface area contributed by atoms with Crippen molar-refractivity contribution >= 4 is 12.4 Å². The van der Waals surface area contributed by atoms with Crippen LogP contribution in [0.5, 0.6) is 0 Å². The highest BCUT2D eigenvalue weighted by Gasteiger charge is 2.34. The van der Waals surface area contributed by atoms with Crippen molar-refractivity contribution in [3.8, 4) is 0 Å². The van der Waals surface area contributed by atoms with Gasteiger partial charge >= 0.3 is 0 Å². The van der Waals surface area contributed by atoms with Crippen LogP contribution >= 0.6 is 12.4 Å². The maximum Gasteiger partial charge on any atom is 0.0507 e. The average Bonchev–Trinajstić information content (AvgIpc) is 3.09. The lowest BCUT2D eigenvalue weighted by Crippen LogP contribution is -2.28. The molecule has 2 aliphatic heterocycles. The lowest BCUT2D eigenvalue weighted by molar-refractivity contribution is 0.173. The molecule has 3 rings (SSSR count). The van der Waals surface area contributed by atoms with Crippen LogP contribution in [0, 0.1) is 11.8 Å². The average molecular weight is 297 g/mol. The minimum atomic E-state index is 0. The molecule has 0 radical (unpaired) electrons. The van der Waals surface area contributed by atoms with Crippen molar-refractivity contribution < 1.29 is 4.74 Å². The highest BCUT2D eigenvalue weighted by molar-refractivity contribution is 5.85. The summed E-state index contributed by atoms with van der Waals surface area (Å²) >= 11 is 0. The number of nitrogens with two attached hydrogens (primary N) is 1. The maximum absolute atomic E-state index is 5.98. The fourth-order valence-electron chi connectivity index (χ4n) is 3.52. The van der Waals surface area contributed by atoms with Gasteiger partial charge in [0.2, 0.25) is 0 Å². The summed E-state index contributed by atoms with van der Waals surface area (Å²) in [4.78, 5) is 2.59. The van der Waals surface area contributed by atoms with Crippen LogP contribution in [0.2, 0.25) is 0 Å². The Hall–Kier alpha value is -0.610. The predicted molar refractivity (Wildman–Crippen MR) is 84.3 cm³/mol. The highest BCUT2D eigenvalue weighted by Crippen LogP contribution is 2.32. The van der Waals surface area contributed by atoms with Gasteiger partial charge in [-0.05, 0) is 30.4 Å². The minimum Gasteiger partial charge on any atom is -0.381 e. The SMILES string of the molecule is Cl.NC[C@@H]1CN(CC2CCOC2)C[C@H]1c1ccccc1. The first kappa shape index (κ1) is 15.8. The first-order chi connectivity index (χ1) is 9.36. The van der Waals surface area contributed by atoms with Crippen molar-refractivity contribution in [2.75, 3.05) is 39.4 Å². The molecule has 1 aromatic rings. The first-order valence-corrected chi connectivity index (χ1v) is 7.42. The molecule has 2 fully saturated rings. The van der Waals surface area contributed by atoms with Crippen LogP contribution in [0.15, 0.2) is 30.3 Å². The Labute approximate surface area is 127 Å². The number of benzene rings is 1. The van der Waals surface area contributed by atoms with Gasteiger partial charge in [0.15, 0.2) is 0 Å². The molecule has 0 saturated carbocycles. The molecule has 2 aliphatic rings. The second kappa shape index (κ2) is 7.41. The van der Waals surface area contributed by atoms with Crippen molar-refractivity contribution in [2.45, 2.75) is 12.3 Å². The molecule has 1 unspecified atom stereocenters. The number of ether oxygens (including phenoxy) is 1. The van der Waals surface area contributed by atoms with Gasteiger partial charge in [0, 0.05) is 32.2 Å². The van der Waals surface area contributed by atoms with E-state index in [1.54, 1.807) is 0 Å². The van der Waals surface area contributed by atoms with Crippen LogP contribution in [-0.4, -0.2) is 44.3 Å². The highest BCUT2D eigenvalue weighted by atomic mass is 35.5. The second-order valence-corrected chi connectivity index (χ2v) is 5.96. The molecule has 3 atom stereocenters. The van der Waals surface area contributed by atoms with E-state index in [2.05, 4.69) is 35.2 Å². The van der Waals surface area contributed by atoms with Crippen molar-refractivity contribution in [1.82, 2.24) is 4.90 Å². The zero-order chi connectivity index (χ0) is 13.1. The van der Waals surface area contributed by atoms with Gasteiger partial charge in [-0.2, -0.15) is 0 Å². The van der Waals surface area contributed by atoms with Crippen LogP contribution in [0.25, 0.3) is 0 Å². The molecular weight excluding hydrogens is 272 g/mol. The van der Waals surface area contributed by atoms with Gasteiger partial charge in [0.05, 0.1) is 6.61 Å². The number of nitrogens with zero attached hydrogens (tertiary/aromatic N) is 1. The maximum atomic E-state index is 5.98. The first-order valence-electron chi connectivity index (χ1n) is 7.42. The topological polar surface area (TPSA) is 38.5 Å². The van der Waals surface area contributed by atoms with Crippen LogP contribution < -0.4 is 5.73 Å². The third-order valence-electron chi connectivity index (χ3n) is 4.59. The molecular formula is C16H25ClN2O. The molecule has 4 heteroatoms. The molecule has 2 saturated heterocycles. The Balaban J connectivity index is 0.00000147. The number of hydrogen-bond donors (Lipinski definition) is 1. The summed E-state index contributed by atoms with van der Waals surface area (Å²) in [5, 5.41) is 0. The van der Waals surface area contributed by atoms with E-state index < -0.39 is 0 Å². The Bertz CT molecular complexity index is 395. The lowest BCUT2D eigenvalue weighted by Gasteiger charge is -2.19. The second-order valence-electron chi connectivity index (χ2n) is 5.96. The van der Waals surface area contributed by atoms with E-state index in [1.165, 1.54) is 18.5 Å². The molecule has 3 nitrogen and oxygen atoms in total. The summed E-state index contributed by atoms with van der Waals surface area (Å²) in [5.41, 5.74) is 7.43. The molecule has 112 valence electrons. The summed E-state index contributed by atoms with van der Waals surface area (Å²) in [6.45, 7) is 6.16. The Morgan fingerprint density at radius 3 is 2.65 bits per heavy atom. The van der Waals surface area contributed by atoms with E-state index in [-0.39, 0.29) is 12.4 Å². The van der Waals surface area contributed by atoms with E-state index in [4.69, 9.17) is 10.5 Å². The molecule has 2 heterocycles. The molecule has 20 heavy (non-hydrogen) atoms. The van der Waals surface area contributed by atoms with Gasteiger partial charge < -0.3 is 15.4 Å². The Kier molecular flexibility index (Phi) is 5.85. The molecule has 0 amide bonds. The Morgan fingerprint density at radius 2 is 2.00 bits per heavy atom. The van der Waals surface area contributed by atoms with Crippen LogP contribution in [-0.2, 0) is 4.74 Å². The minimum absolute atomic E-state index is 0. The van der Waals surface area contributed by atoms with Crippen molar-refractivity contribution in [1.29, 1.82) is 0 Å². The standard InChI is InChI=1S/C16H24N2O.ClH/c17-8-15-10-18(9-13-6-7-19-12-13)11-16(15)14-4-2-1-3-5-14;/h1-5,13,15-16H,6-12,17H2;1H/t13?,15-,16+;/m1./s1. The number of likely N-dealkylation sites (tertiary alicyclic amines) is 1. The number of halogens is 1. The van der Waals surface area contributed by atoms with Gasteiger partial charge in [-0.25, -0.2) is 0 Å². The van der Waals surface area contributed by atoms with Crippen molar-refractivity contribution in [2.24, 2.45) is 17.6 Å². The normalized spacial score (nSPS) is 30.4. The molecule has 0 aromatic heterocycles. The van der Waals surface area contributed by atoms with Crippen molar-refractivity contribution in [3.05, 3.63) is 35.9 Å². The van der Waals surface area contributed by atoms with Crippen LogP contribution in [0.1, 0.15) is 17.9 Å². The summed E-state index contributed by atoms with van der Waals surface area (Å²) < 4.78 is 5.48. The number of hydrogen-bond acceptors (Lipinski definition) is 3. The third-order valence-corrected chi connectivity index (χ3v) is 4.59. The van der Waals surface area contributed by atoms with E-state index in [1.807, 2.05) is 0 Å². The predicted octanol–water partition coefficient (Wildman–Crippen LogP) is 2.12. The fourth-order valence-corrected chi connectivity index (χ4v) is 3.52. The quantitative estimate of drug-likeness (QED) is 0.925. The van der Waals surface area contributed by atoms with Gasteiger partial charge in [-0.1, -0.05) is 30.3 Å². The largest absolute Gasteiger partial charge is 0.381 e. The van der Waals surface area contributed by atoms with Gasteiger partial charge in [0.25, 0.3) is 0 Å². The van der Waals surface area contributed by atoms with Crippen LogP contribution in [0.3, 0.4) is 0 Å². The van der Waals surface area contributed by atoms with Crippen LogP contribution in [0.4, 0.5) is 0 Å². The summed E-state index contributed by atoms with van der Waals surface area (Å²) in [5.74, 6) is 1.94. The molecule has 0 spiro atoms. The molecule has 0 bridgehead atoms. The van der Waals surface area contributed by atoms with E-state index in [0.29, 0.717) is 11.8 Å². The Morgan fingerprint density at radius 1 is 1.20 bits per heavy atom. The molecule has 0 aliphatic carbocycles. The lowest BCUT2D eigenvalue weighted by atomic mass is 9.89. The van der Waals surface area contributed by atoms with E-state index >= 15 is 0 Å². The van der Waals surface area contributed by atoms with Crippen molar-refractivity contribution in [3.63, 3.8) is 0 Å². The fraction of sp³-hybridized carbons (Fsp3) is 0.625. The molecule has 2 N–H and O–H groups in total. The summed E-state index contributed by atoms with van der Waals surface area (Å²) in [6, 6.07) is 10.8. The van der Waals surface area contributed by atoms with Gasteiger partial charge in [-0.3, -0.25) is 0 Å². The zero-order valence-electron chi connectivity index (χ0n) is 11.9. The van der Waals surface area contributed by atoms with Gasteiger partial charge in [0.1, 0.15) is 0 Å². The summed E-state index contributed by atoms with van der Waals surface area (Å²) in [7, 11) is 0. The summed E-state index contributed by atoms with van der Waals surface area (Å²) in [6.07, 6.45) is 1.22. The third kappa shape index (κ3) is 3.53. The monoisotopic (exact) mass is 296 g/mol. The van der Waals surface area contributed by atoms with E-state index in [0.717, 1.165) is 38.8 Å². The van der Waals surface area contributed by atoms with Gasteiger partial charge in [-0.15, -0.1) is 12.4 Å². The zero-order valence-corrected chi connectivity index (χ0v) is 12.7. The number of rotatable bonds is 4. The van der Waals surface area contributed by atoms with E-state index in [9.17, 15) is 0 Å². The smallest absolute Gasteiger partial charge is 0.0507 e. The molecule has 1 aromatic carbocycles.